The zero-order valence-corrected chi connectivity index (χ0v) is 9.63. The highest BCUT2D eigenvalue weighted by molar-refractivity contribution is 7.99. The average molecular weight is 223 g/mol. The number of rotatable bonds is 4. The van der Waals surface area contributed by atoms with Gasteiger partial charge in [0.25, 0.3) is 0 Å². The first kappa shape index (κ1) is 11.0. The van der Waals surface area contributed by atoms with Crippen molar-refractivity contribution in [3.8, 4) is 0 Å². The molecule has 1 aliphatic heterocycles. The molecule has 1 atom stereocenters. The van der Waals surface area contributed by atoms with Gasteiger partial charge in [-0.3, -0.25) is 0 Å². The van der Waals surface area contributed by atoms with Crippen LogP contribution in [0.2, 0.25) is 0 Å². The Morgan fingerprint density at radius 2 is 2.13 bits per heavy atom. The summed E-state index contributed by atoms with van der Waals surface area (Å²) in [7, 11) is 0. The van der Waals surface area contributed by atoms with Crippen LogP contribution in [0.5, 0.6) is 0 Å². The van der Waals surface area contributed by atoms with Crippen LogP contribution < -0.4 is 5.73 Å². The summed E-state index contributed by atoms with van der Waals surface area (Å²) in [6, 6.07) is 8.47. The molecule has 1 aromatic rings. The normalized spacial score (nSPS) is 20.7. The molecule has 82 valence electrons. The van der Waals surface area contributed by atoms with Crippen LogP contribution in [-0.2, 0) is 11.3 Å². The number of nitrogens with two attached hydrogens (primary N) is 1. The van der Waals surface area contributed by atoms with Crippen molar-refractivity contribution in [2.75, 3.05) is 12.4 Å². The first-order valence-corrected chi connectivity index (χ1v) is 6.40. The van der Waals surface area contributed by atoms with Crippen LogP contribution >= 0.6 is 11.8 Å². The quantitative estimate of drug-likeness (QED) is 0.796. The van der Waals surface area contributed by atoms with Gasteiger partial charge in [-0.15, -0.1) is 11.8 Å². The largest absolute Gasteiger partial charge is 0.377 e. The first-order chi connectivity index (χ1) is 7.38. The van der Waals surface area contributed by atoms with Crippen LogP contribution in [0.25, 0.3) is 0 Å². The summed E-state index contributed by atoms with van der Waals surface area (Å²) in [6.07, 6.45) is 2.90. The predicted octanol–water partition coefficient (Wildman–Crippen LogP) is 2.42. The molecule has 15 heavy (non-hydrogen) atoms. The van der Waals surface area contributed by atoms with Crippen molar-refractivity contribution in [3.05, 3.63) is 29.8 Å². The Morgan fingerprint density at radius 3 is 2.73 bits per heavy atom. The van der Waals surface area contributed by atoms with E-state index in [2.05, 4.69) is 24.3 Å². The van der Waals surface area contributed by atoms with Gasteiger partial charge in [-0.25, -0.2) is 0 Å². The molecule has 0 bridgehead atoms. The zero-order valence-electron chi connectivity index (χ0n) is 8.82. The standard InChI is InChI=1S/C12H17NOS/c13-8-10-3-5-12(6-4-10)15-9-11-2-1-7-14-11/h3-6,11H,1-2,7-9,13H2. The van der Waals surface area contributed by atoms with Gasteiger partial charge in [-0.1, -0.05) is 12.1 Å². The minimum absolute atomic E-state index is 0.462. The lowest BCUT2D eigenvalue weighted by molar-refractivity contribution is 0.129. The van der Waals surface area contributed by atoms with Crippen molar-refractivity contribution in [3.63, 3.8) is 0 Å². The molecule has 0 aromatic heterocycles. The van der Waals surface area contributed by atoms with E-state index in [1.165, 1.54) is 23.3 Å². The fraction of sp³-hybridized carbons (Fsp3) is 0.500. The van der Waals surface area contributed by atoms with Crippen molar-refractivity contribution in [2.45, 2.75) is 30.4 Å². The molecule has 0 amide bonds. The maximum Gasteiger partial charge on any atom is 0.0669 e. The lowest BCUT2D eigenvalue weighted by Gasteiger charge is -2.08. The van der Waals surface area contributed by atoms with Crippen LogP contribution in [-0.4, -0.2) is 18.5 Å². The molecule has 2 N–H and O–H groups in total. The van der Waals surface area contributed by atoms with Crippen LogP contribution in [0.1, 0.15) is 18.4 Å². The van der Waals surface area contributed by atoms with Crippen molar-refractivity contribution in [1.29, 1.82) is 0 Å². The van der Waals surface area contributed by atoms with Gasteiger partial charge in [0, 0.05) is 23.8 Å². The smallest absolute Gasteiger partial charge is 0.0669 e. The predicted molar refractivity (Wildman–Crippen MR) is 64.0 cm³/mol. The van der Waals surface area contributed by atoms with Gasteiger partial charge in [-0.2, -0.15) is 0 Å². The highest BCUT2D eigenvalue weighted by atomic mass is 32.2. The van der Waals surface area contributed by atoms with Crippen molar-refractivity contribution < 1.29 is 4.74 Å². The van der Waals surface area contributed by atoms with E-state index in [0.717, 1.165) is 12.4 Å². The Morgan fingerprint density at radius 1 is 1.33 bits per heavy atom. The Kier molecular flexibility index (Phi) is 4.06. The summed E-state index contributed by atoms with van der Waals surface area (Å²) >= 11 is 1.87. The third-order valence-corrected chi connectivity index (χ3v) is 3.76. The molecule has 0 spiro atoms. The second kappa shape index (κ2) is 5.54. The maximum absolute atomic E-state index is 5.58. The van der Waals surface area contributed by atoms with E-state index in [4.69, 9.17) is 10.5 Å². The fourth-order valence-electron chi connectivity index (χ4n) is 1.69. The number of ether oxygens (including phenoxy) is 1. The molecule has 0 radical (unpaired) electrons. The molecule has 1 aliphatic rings. The van der Waals surface area contributed by atoms with Gasteiger partial charge in [0.05, 0.1) is 6.10 Å². The number of hydrogen-bond acceptors (Lipinski definition) is 3. The Labute approximate surface area is 95.2 Å². The molecular weight excluding hydrogens is 206 g/mol. The van der Waals surface area contributed by atoms with E-state index in [9.17, 15) is 0 Å². The van der Waals surface area contributed by atoms with Crippen LogP contribution in [0.15, 0.2) is 29.2 Å². The molecule has 0 saturated carbocycles. The number of benzene rings is 1. The minimum atomic E-state index is 0.462. The van der Waals surface area contributed by atoms with Gasteiger partial charge in [0.2, 0.25) is 0 Å². The van der Waals surface area contributed by atoms with Gasteiger partial charge in [0.15, 0.2) is 0 Å². The average Bonchev–Trinajstić information content (AvgIpc) is 2.80. The van der Waals surface area contributed by atoms with E-state index in [-0.39, 0.29) is 0 Å². The number of thioether (sulfide) groups is 1. The van der Waals surface area contributed by atoms with Crippen LogP contribution in [0, 0.1) is 0 Å². The summed E-state index contributed by atoms with van der Waals surface area (Å²) in [4.78, 5) is 1.31. The molecule has 1 aromatic carbocycles. The SMILES string of the molecule is NCc1ccc(SCC2CCCO2)cc1. The highest BCUT2D eigenvalue weighted by Gasteiger charge is 2.15. The lowest BCUT2D eigenvalue weighted by atomic mass is 10.2. The van der Waals surface area contributed by atoms with E-state index in [0.29, 0.717) is 12.6 Å². The molecular formula is C12H17NOS. The summed E-state index contributed by atoms with van der Waals surface area (Å²) < 4.78 is 5.58. The van der Waals surface area contributed by atoms with Crippen LogP contribution in [0.4, 0.5) is 0 Å². The zero-order chi connectivity index (χ0) is 10.5. The number of hydrogen-bond donors (Lipinski definition) is 1. The molecule has 1 saturated heterocycles. The summed E-state index contributed by atoms with van der Waals surface area (Å²) in [6.45, 7) is 1.56. The molecule has 1 unspecified atom stereocenters. The highest BCUT2D eigenvalue weighted by Crippen LogP contribution is 2.23. The van der Waals surface area contributed by atoms with E-state index in [1.54, 1.807) is 0 Å². The van der Waals surface area contributed by atoms with E-state index >= 15 is 0 Å². The van der Waals surface area contributed by atoms with E-state index in [1.807, 2.05) is 11.8 Å². The molecule has 0 aliphatic carbocycles. The second-order valence-corrected chi connectivity index (χ2v) is 4.89. The molecule has 2 nitrogen and oxygen atoms in total. The lowest BCUT2D eigenvalue weighted by Crippen LogP contribution is -2.07. The monoisotopic (exact) mass is 223 g/mol. The van der Waals surface area contributed by atoms with Gasteiger partial charge in [0.1, 0.15) is 0 Å². The fourth-order valence-corrected chi connectivity index (χ4v) is 2.66. The van der Waals surface area contributed by atoms with Crippen molar-refractivity contribution in [1.82, 2.24) is 0 Å². The van der Waals surface area contributed by atoms with Gasteiger partial charge in [-0.05, 0) is 30.5 Å². The Balaban J connectivity index is 1.82. The molecule has 1 heterocycles. The molecule has 1 fully saturated rings. The van der Waals surface area contributed by atoms with Crippen LogP contribution in [0.3, 0.4) is 0 Å². The summed E-state index contributed by atoms with van der Waals surface area (Å²) in [5.41, 5.74) is 6.74. The summed E-state index contributed by atoms with van der Waals surface area (Å²) in [5, 5.41) is 0. The van der Waals surface area contributed by atoms with Gasteiger partial charge < -0.3 is 10.5 Å². The molecule has 3 heteroatoms. The van der Waals surface area contributed by atoms with Crippen molar-refractivity contribution >= 4 is 11.8 Å². The molecule has 2 rings (SSSR count). The summed E-state index contributed by atoms with van der Waals surface area (Å²) in [5.74, 6) is 1.07. The maximum atomic E-state index is 5.58. The minimum Gasteiger partial charge on any atom is -0.377 e. The second-order valence-electron chi connectivity index (χ2n) is 3.79. The third-order valence-electron chi connectivity index (χ3n) is 2.62. The Hall–Kier alpha value is -0.510. The van der Waals surface area contributed by atoms with Gasteiger partial charge >= 0.3 is 0 Å². The third kappa shape index (κ3) is 3.23. The van der Waals surface area contributed by atoms with Crippen molar-refractivity contribution in [2.24, 2.45) is 5.73 Å². The topological polar surface area (TPSA) is 35.2 Å². The first-order valence-electron chi connectivity index (χ1n) is 5.42. The Bertz CT molecular complexity index is 293. The van der Waals surface area contributed by atoms with E-state index < -0.39 is 0 Å².